The molecule has 112 valence electrons. The fourth-order valence-corrected chi connectivity index (χ4v) is 3.24. The zero-order valence-corrected chi connectivity index (χ0v) is 12.6. The number of rotatable bonds is 4. The van der Waals surface area contributed by atoms with Crippen LogP contribution in [0.2, 0.25) is 0 Å². The van der Waals surface area contributed by atoms with Crippen molar-refractivity contribution in [3.63, 3.8) is 0 Å². The molecule has 0 spiro atoms. The summed E-state index contributed by atoms with van der Waals surface area (Å²) in [6.07, 6.45) is 2.21. The molecule has 0 aliphatic carbocycles. The van der Waals surface area contributed by atoms with Crippen molar-refractivity contribution >= 4 is 0 Å². The van der Waals surface area contributed by atoms with Crippen molar-refractivity contribution in [2.45, 2.75) is 19.4 Å². The lowest BCUT2D eigenvalue weighted by Gasteiger charge is -2.16. The summed E-state index contributed by atoms with van der Waals surface area (Å²) in [7, 11) is 0. The predicted molar refractivity (Wildman–Crippen MR) is 86.4 cm³/mol. The summed E-state index contributed by atoms with van der Waals surface area (Å²) in [6.45, 7) is 3.08. The molecule has 1 aliphatic heterocycles. The van der Waals surface area contributed by atoms with Crippen molar-refractivity contribution in [3.05, 3.63) is 65.2 Å². The van der Waals surface area contributed by atoms with Gasteiger partial charge in [0, 0.05) is 13.1 Å². The molecule has 0 amide bonds. The minimum Gasteiger partial charge on any atom is -0.508 e. The summed E-state index contributed by atoms with van der Waals surface area (Å²) in [5.41, 5.74) is 3.14. The second-order valence-corrected chi connectivity index (χ2v) is 6.08. The van der Waals surface area contributed by atoms with Crippen LogP contribution >= 0.6 is 0 Å². The van der Waals surface area contributed by atoms with Crippen molar-refractivity contribution in [2.75, 3.05) is 13.1 Å². The Balaban J connectivity index is 1.57. The van der Waals surface area contributed by atoms with Crippen LogP contribution in [0.25, 0.3) is 0 Å². The number of aromatic hydroxyl groups is 1. The van der Waals surface area contributed by atoms with E-state index in [1.54, 1.807) is 6.07 Å². The van der Waals surface area contributed by atoms with E-state index >= 15 is 0 Å². The fourth-order valence-electron chi connectivity index (χ4n) is 3.24. The van der Waals surface area contributed by atoms with Crippen molar-refractivity contribution < 1.29 is 5.11 Å². The molecule has 0 radical (unpaired) electrons. The van der Waals surface area contributed by atoms with Gasteiger partial charge in [0.25, 0.3) is 0 Å². The molecule has 1 saturated heterocycles. The predicted octanol–water partition coefficient (Wildman–Crippen LogP) is 3.33. The molecule has 22 heavy (non-hydrogen) atoms. The number of nitrogens with zero attached hydrogens (tertiary/aromatic N) is 2. The normalized spacial score (nSPS) is 18.2. The van der Waals surface area contributed by atoms with E-state index in [0.717, 1.165) is 31.6 Å². The van der Waals surface area contributed by atoms with Gasteiger partial charge in [-0.2, -0.15) is 5.26 Å². The Bertz CT molecular complexity index is 690. The van der Waals surface area contributed by atoms with Gasteiger partial charge in [-0.05, 0) is 60.7 Å². The van der Waals surface area contributed by atoms with Crippen LogP contribution in [0.4, 0.5) is 0 Å². The van der Waals surface area contributed by atoms with Crippen molar-refractivity contribution in [2.24, 2.45) is 5.92 Å². The zero-order valence-electron chi connectivity index (χ0n) is 12.6. The van der Waals surface area contributed by atoms with E-state index in [1.165, 1.54) is 17.5 Å². The van der Waals surface area contributed by atoms with Crippen LogP contribution in [0, 0.1) is 17.2 Å². The third kappa shape index (κ3) is 3.66. The van der Waals surface area contributed by atoms with Crippen LogP contribution in [0.3, 0.4) is 0 Å². The molecule has 3 nitrogen and oxygen atoms in total. The minimum atomic E-state index is 0.348. The topological polar surface area (TPSA) is 47.3 Å². The minimum absolute atomic E-state index is 0.348. The summed E-state index contributed by atoms with van der Waals surface area (Å²) >= 11 is 0. The Kier molecular flexibility index (Phi) is 4.41. The Morgan fingerprint density at radius 2 is 1.95 bits per heavy atom. The van der Waals surface area contributed by atoms with Crippen molar-refractivity contribution in [1.82, 2.24) is 4.90 Å². The van der Waals surface area contributed by atoms with E-state index in [9.17, 15) is 5.11 Å². The van der Waals surface area contributed by atoms with E-state index in [0.29, 0.717) is 11.7 Å². The molecule has 1 atom stereocenters. The molecule has 2 aromatic carbocycles. The smallest absolute Gasteiger partial charge is 0.115 e. The first-order valence-corrected chi connectivity index (χ1v) is 7.72. The largest absolute Gasteiger partial charge is 0.508 e. The summed E-state index contributed by atoms with van der Waals surface area (Å²) in [5, 5.41) is 18.5. The number of benzene rings is 2. The van der Waals surface area contributed by atoms with Crippen LogP contribution < -0.4 is 0 Å². The molecular formula is C19H20N2O. The Labute approximate surface area is 131 Å². The SMILES string of the molecule is N#Cc1cccc(CN2CCC(Cc3cccc(O)c3)C2)c1. The first kappa shape index (κ1) is 14.6. The van der Waals surface area contributed by atoms with Crippen LogP contribution in [-0.2, 0) is 13.0 Å². The highest BCUT2D eigenvalue weighted by Crippen LogP contribution is 2.24. The molecule has 0 bridgehead atoms. The molecule has 1 N–H and O–H groups in total. The van der Waals surface area contributed by atoms with Crippen LogP contribution in [0.1, 0.15) is 23.1 Å². The molecule has 3 heteroatoms. The van der Waals surface area contributed by atoms with E-state index in [1.807, 2.05) is 30.3 Å². The van der Waals surface area contributed by atoms with Gasteiger partial charge in [0.05, 0.1) is 11.6 Å². The fraction of sp³-hybridized carbons (Fsp3) is 0.316. The van der Waals surface area contributed by atoms with E-state index in [-0.39, 0.29) is 0 Å². The number of phenolic OH excluding ortho intramolecular Hbond substituents is 1. The van der Waals surface area contributed by atoms with E-state index in [4.69, 9.17) is 5.26 Å². The van der Waals surface area contributed by atoms with Crippen molar-refractivity contribution in [3.8, 4) is 11.8 Å². The number of hydrogen-bond acceptors (Lipinski definition) is 3. The molecule has 2 aromatic rings. The summed E-state index contributed by atoms with van der Waals surface area (Å²) in [4.78, 5) is 2.45. The zero-order chi connectivity index (χ0) is 15.4. The lowest BCUT2D eigenvalue weighted by atomic mass is 9.98. The maximum atomic E-state index is 9.55. The van der Waals surface area contributed by atoms with Gasteiger partial charge in [-0.3, -0.25) is 4.90 Å². The van der Waals surface area contributed by atoms with Gasteiger partial charge in [0.2, 0.25) is 0 Å². The highest BCUT2D eigenvalue weighted by atomic mass is 16.3. The first-order valence-electron chi connectivity index (χ1n) is 7.72. The Morgan fingerprint density at radius 3 is 2.77 bits per heavy atom. The van der Waals surface area contributed by atoms with Crippen LogP contribution in [0.15, 0.2) is 48.5 Å². The summed E-state index contributed by atoms with van der Waals surface area (Å²) < 4.78 is 0. The second kappa shape index (κ2) is 6.64. The van der Waals surface area contributed by atoms with Gasteiger partial charge in [-0.25, -0.2) is 0 Å². The van der Waals surface area contributed by atoms with E-state index in [2.05, 4.69) is 23.1 Å². The lowest BCUT2D eigenvalue weighted by molar-refractivity contribution is 0.316. The van der Waals surface area contributed by atoms with Crippen molar-refractivity contribution in [1.29, 1.82) is 5.26 Å². The standard InChI is InChI=1S/C19H20N2O/c20-12-16-4-1-5-17(10-16)13-21-8-7-18(14-21)9-15-3-2-6-19(22)11-15/h1-6,10-11,18,22H,7-9,13-14H2. The maximum Gasteiger partial charge on any atom is 0.115 e. The molecule has 0 aromatic heterocycles. The number of likely N-dealkylation sites (tertiary alicyclic amines) is 1. The molecule has 1 unspecified atom stereocenters. The lowest BCUT2D eigenvalue weighted by Crippen LogP contribution is -2.20. The van der Waals surface area contributed by atoms with Gasteiger partial charge >= 0.3 is 0 Å². The molecule has 0 saturated carbocycles. The molecule has 3 rings (SSSR count). The average molecular weight is 292 g/mol. The number of hydrogen-bond donors (Lipinski definition) is 1. The van der Waals surface area contributed by atoms with Gasteiger partial charge < -0.3 is 5.11 Å². The first-order chi connectivity index (χ1) is 10.7. The van der Waals surface area contributed by atoms with Gasteiger partial charge in [-0.15, -0.1) is 0 Å². The molecule has 1 fully saturated rings. The highest BCUT2D eigenvalue weighted by molar-refractivity contribution is 5.32. The second-order valence-electron chi connectivity index (χ2n) is 6.08. The quantitative estimate of drug-likeness (QED) is 0.940. The van der Waals surface area contributed by atoms with Crippen LogP contribution in [-0.4, -0.2) is 23.1 Å². The molecule has 1 heterocycles. The van der Waals surface area contributed by atoms with Gasteiger partial charge in [0.15, 0.2) is 0 Å². The third-order valence-electron chi connectivity index (χ3n) is 4.27. The number of nitriles is 1. The molecular weight excluding hydrogens is 272 g/mol. The Hall–Kier alpha value is -2.31. The van der Waals surface area contributed by atoms with Gasteiger partial charge in [-0.1, -0.05) is 24.3 Å². The molecule has 1 aliphatic rings. The Morgan fingerprint density at radius 1 is 1.14 bits per heavy atom. The van der Waals surface area contributed by atoms with Crippen LogP contribution in [0.5, 0.6) is 5.75 Å². The third-order valence-corrected chi connectivity index (χ3v) is 4.27. The summed E-state index contributed by atoms with van der Waals surface area (Å²) in [5.74, 6) is 0.988. The van der Waals surface area contributed by atoms with E-state index < -0.39 is 0 Å². The number of phenols is 1. The summed E-state index contributed by atoms with van der Waals surface area (Å²) in [6, 6.07) is 17.6. The highest BCUT2D eigenvalue weighted by Gasteiger charge is 2.22. The average Bonchev–Trinajstić information content (AvgIpc) is 2.94. The van der Waals surface area contributed by atoms with Gasteiger partial charge in [0.1, 0.15) is 5.75 Å². The maximum absolute atomic E-state index is 9.55. The monoisotopic (exact) mass is 292 g/mol.